The van der Waals surface area contributed by atoms with Crippen LogP contribution >= 0.6 is 0 Å². The van der Waals surface area contributed by atoms with Gasteiger partial charge in [-0.2, -0.15) is 0 Å². The Morgan fingerprint density at radius 2 is 1.68 bits per heavy atom. The molecule has 2 aromatic rings. The number of hydrogen-bond acceptors (Lipinski definition) is 3. The number of carbonyl (C=O) groups is 2. The quantitative estimate of drug-likeness (QED) is 0.804. The van der Waals surface area contributed by atoms with Crippen molar-refractivity contribution in [3.05, 3.63) is 71.3 Å². The molecule has 0 aliphatic carbocycles. The lowest BCUT2D eigenvalue weighted by Gasteiger charge is -2.18. The number of carboxylic acids is 1. The van der Waals surface area contributed by atoms with Gasteiger partial charge in [-0.25, -0.2) is 9.59 Å². The summed E-state index contributed by atoms with van der Waals surface area (Å²) in [5, 5.41) is 11.9. The van der Waals surface area contributed by atoms with Gasteiger partial charge in [-0.05, 0) is 22.6 Å². The molecule has 0 spiro atoms. The molecule has 0 saturated carbocycles. The van der Waals surface area contributed by atoms with Crippen LogP contribution in [-0.2, 0) is 22.6 Å². The third kappa shape index (κ3) is 5.64. The molecular formula is C20H23NO4. The minimum absolute atomic E-state index is 0.0988. The third-order valence-corrected chi connectivity index (χ3v) is 3.90. The van der Waals surface area contributed by atoms with Crippen LogP contribution in [0.1, 0.15) is 36.5 Å². The van der Waals surface area contributed by atoms with Gasteiger partial charge < -0.3 is 15.2 Å². The van der Waals surface area contributed by atoms with Crippen molar-refractivity contribution in [2.75, 3.05) is 0 Å². The Bertz CT molecular complexity index is 713. The fourth-order valence-corrected chi connectivity index (χ4v) is 2.61. The Balaban J connectivity index is 1.99. The Hall–Kier alpha value is -2.82. The van der Waals surface area contributed by atoms with Gasteiger partial charge in [-0.15, -0.1) is 0 Å². The summed E-state index contributed by atoms with van der Waals surface area (Å²) in [6.07, 6.45) is -0.525. The summed E-state index contributed by atoms with van der Waals surface area (Å²) in [7, 11) is 0. The molecule has 0 saturated heterocycles. The van der Waals surface area contributed by atoms with E-state index in [0.717, 1.165) is 16.7 Å². The lowest BCUT2D eigenvalue weighted by Crippen LogP contribution is -2.42. The number of rotatable bonds is 7. The average Bonchev–Trinajstić information content (AvgIpc) is 2.60. The predicted octanol–water partition coefficient (Wildman–Crippen LogP) is 3.73. The van der Waals surface area contributed by atoms with E-state index in [0.29, 0.717) is 0 Å². The van der Waals surface area contributed by atoms with E-state index in [1.165, 1.54) is 0 Å². The van der Waals surface area contributed by atoms with Crippen LogP contribution in [-0.4, -0.2) is 23.2 Å². The molecule has 0 aliphatic heterocycles. The van der Waals surface area contributed by atoms with Crippen molar-refractivity contribution in [2.45, 2.75) is 38.8 Å². The van der Waals surface area contributed by atoms with Gasteiger partial charge >= 0.3 is 12.1 Å². The minimum atomic E-state index is -1.09. The van der Waals surface area contributed by atoms with Gasteiger partial charge in [0.05, 0.1) is 0 Å². The molecule has 1 atom stereocenters. The molecule has 0 fully saturated rings. The van der Waals surface area contributed by atoms with Crippen molar-refractivity contribution >= 4 is 12.1 Å². The average molecular weight is 341 g/mol. The van der Waals surface area contributed by atoms with Gasteiger partial charge in [0.25, 0.3) is 0 Å². The fraction of sp³-hybridized carbons (Fsp3) is 0.300. The summed E-state index contributed by atoms with van der Waals surface area (Å²) in [5.41, 5.74) is 2.83. The Morgan fingerprint density at radius 3 is 2.32 bits per heavy atom. The highest BCUT2D eigenvalue weighted by Gasteiger charge is 2.22. The zero-order valence-corrected chi connectivity index (χ0v) is 14.4. The number of carboxylic acid groups (broad SMARTS) is 1. The number of nitrogens with one attached hydrogen (secondary N) is 1. The highest BCUT2D eigenvalue weighted by atomic mass is 16.5. The maximum atomic E-state index is 11.9. The molecule has 0 aliphatic rings. The van der Waals surface area contributed by atoms with Gasteiger partial charge in [-0.3, -0.25) is 0 Å². The Morgan fingerprint density at radius 1 is 1.04 bits per heavy atom. The first-order valence-corrected chi connectivity index (χ1v) is 8.25. The second-order valence-corrected chi connectivity index (χ2v) is 6.15. The maximum absolute atomic E-state index is 11.9. The molecule has 2 aromatic carbocycles. The maximum Gasteiger partial charge on any atom is 0.408 e. The SMILES string of the molecule is CC(C)c1ccccc1CC(NC(=O)OCc1ccccc1)C(=O)O. The summed E-state index contributed by atoms with van der Waals surface area (Å²) in [6, 6.07) is 15.9. The van der Waals surface area contributed by atoms with Gasteiger partial charge in [0.2, 0.25) is 0 Å². The number of ether oxygens (including phenoxy) is 1. The van der Waals surface area contributed by atoms with Crippen molar-refractivity contribution in [3.63, 3.8) is 0 Å². The molecule has 0 heterocycles. The van der Waals surface area contributed by atoms with Crippen molar-refractivity contribution in [2.24, 2.45) is 0 Å². The van der Waals surface area contributed by atoms with Crippen molar-refractivity contribution in [1.29, 1.82) is 0 Å². The second-order valence-electron chi connectivity index (χ2n) is 6.15. The zero-order valence-electron chi connectivity index (χ0n) is 14.4. The summed E-state index contributed by atoms with van der Waals surface area (Å²) in [6.45, 7) is 4.20. The van der Waals surface area contributed by atoms with E-state index in [4.69, 9.17) is 4.74 Å². The van der Waals surface area contributed by atoms with Crippen LogP contribution in [0.15, 0.2) is 54.6 Å². The third-order valence-electron chi connectivity index (χ3n) is 3.90. The first-order chi connectivity index (χ1) is 12.0. The van der Waals surface area contributed by atoms with E-state index in [2.05, 4.69) is 19.2 Å². The second kappa shape index (κ2) is 8.87. The van der Waals surface area contributed by atoms with Gasteiger partial charge in [0.1, 0.15) is 12.6 Å². The molecule has 2 N–H and O–H groups in total. The van der Waals surface area contributed by atoms with Crippen LogP contribution in [0.25, 0.3) is 0 Å². The number of benzene rings is 2. The number of hydrogen-bond donors (Lipinski definition) is 2. The molecule has 0 aromatic heterocycles. The van der Waals surface area contributed by atoms with Gasteiger partial charge in [0.15, 0.2) is 0 Å². The van der Waals surface area contributed by atoms with E-state index in [9.17, 15) is 14.7 Å². The van der Waals surface area contributed by atoms with Crippen LogP contribution in [0.5, 0.6) is 0 Å². The molecule has 25 heavy (non-hydrogen) atoms. The lowest BCUT2D eigenvalue weighted by molar-refractivity contribution is -0.139. The number of alkyl carbamates (subject to hydrolysis) is 1. The van der Waals surface area contributed by atoms with Gasteiger partial charge in [0, 0.05) is 6.42 Å². The first-order valence-electron chi connectivity index (χ1n) is 8.25. The molecule has 0 radical (unpaired) electrons. The van der Waals surface area contributed by atoms with Crippen LogP contribution in [0, 0.1) is 0 Å². The van der Waals surface area contributed by atoms with Crippen molar-refractivity contribution in [1.82, 2.24) is 5.32 Å². The topological polar surface area (TPSA) is 75.6 Å². The minimum Gasteiger partial charge on any atom is -0.480 e. The molecule has 2 rings (SSSR count). The van der Waals surface area contributed by atoms with Crippen molar-refractivity contribution in [3.8, 4) is 0 Å². The molecule has 0 bridgehead atoms. The Kier molecular flexibility index (Phi) is 6.57. The van der Waals surface area contributed by atoms with Crippen molar-refractivity contribution < 1.29 is 19.4 Å². The smallest absolute Gasteiger partial charge is 0.408 e. The molecule has 132 valence electrons. The monoisotopic (exact) mass is 341 g/mol. The fourth-order valence-electron chi connectivity index (χ4n) is 2.61. The van der Waals surface area contributed by atoms with Gasteiger partial charge in [-0.1, -0.05) is 68.4 Å². The largest absolute Gasteiger partial charge is 0.480 e. The highest BCUT2D eigenvalue weighted by molar-refractivity contribution is 5.80. The summed E-state index contributed by atoms with van der Waals surface area (Å²) >= 11 is 0. The van der Waals surface area contributed by atoms with Crippen LogP contribution in [0.2, 0.25) is 0 Å². The highest BCUT2D eigenvalue weighted by Crippen LogP contribution is 2.20. The van der Waals surface area contributed by atoms with E-state index in [1.807, 2.05) is 54.6 Å². The summed E-state index contributed by atoms with van der Waals surface area (Å²) < 4.78 is 5.11. The standard InChI is InChI=1S/C20H23NO4/c1-14(2)17-11-7-6-10-16(17)12-18(19(22)23)21-20(24)25-13-15-8-4-3-5-9-15/h3-11,14,18H,12-13H2,1-2H3,(H,21,24)(H,22,23). The molecule has 5 nitrogen and oxygen atoms in total. The van der Waals surface area contributed by atoms with Crippen LogP contribution in [0.4, 0.5) is 4.79 Å². The van der Waals surface area contributed by atoms with Crippen LogP contribution < -0.4 is 5.32 Å². The van der Waals surface area contributed by atoms with E-state index < -0.39 is 18.1 Å². The lowest BCUT2D eigenvalue weighted by atomic mass is 9.93. The number of carbonyl (C=O) groups excluding carboxylic acids is 1. The number of aliphatic carboxylic acids is 1. The molecule has 1 amide bonds. The van der Waals surface area contributed by atoms with E-state index in [1.54, 1.807) is 0 Å². The zero-order chi connectivity index (χ0) is 18.2. The van der Waals surface area contributed by atoms with E-state index in [-0.39, 0.29) is 18.9 Å². The molecule has 1 unspecified atom stereocenters. The molecular weight excluding hydrogens is 318 g/mol. The predicted molar refractivity (Wildman–Crippen MR) is 95.4 cm³/mol. The molecule has 5 heteroatoms. The van der Waals surface area contributed by atoms with Crippen LogP contribution in [0.3, 0.4) is 0 Å². The summed E-state index contributed by atoms with van der Waals surface area (Å²) in [4.78, 5) is 23.5. The van der Waals surface area contributed by atoms with E-state index >= 15 is 0 Å². The Labute approximate surface area is 147 Å². The first kappa shape index (κ1) is 18.5. The normalized spacial score (nSPS) is 11.8. The summed E-state index contributed by atoms with van der Waals surface area (Å²) in [5.74, 6) is -0.814. The number of amides is 1.